The van der Waals surface area contributed by atoms with Gasteiger partial charge in [0.2, 0.25) is 5.91 Å². The van der Waals surface area contributed by atoms with E-state index in [-0.39, 0.29) is 17.7 Å². The van der Waals surface area contributed by atoms with Crippen molar-refractivity contribution in [3.63, 3.8) is 0 Å². The van der Waals surface area contributed by atoms with Crippen LogP contribution < -0.4 is 16.0 Å². The lowest BCUT2D eigenvalue weighted by Gasteiger charge is -2.29. The molecule has 0 bridgehead atoms. The lowest BCUT2D eigenvalue weighted by molar-refractivity contribution is -0.124. The Kier molecular flexibility index (Phi) is 5.97. The molecule has 2 amide bonds. The van der Waals surface area contributed by atoms with Crippen LogP contribution in [0, 0.1) is 11.8 Å². The van der Waals surface area contributed by atoms with Crippen LogP contribution in [0.1, 0.15) is 24.2 Å². The van der Waals surface area contributed by atoms with E-state index in [4.69, 9.17) is 0 Å². The standard InChI is InChI=1S/C16H22BrN3O2/c1-10(2)14(16(22)19-9-11-7-18-8-11)20-15(21)12-5-3-4-6-13(12)17/h3-6,10-11,14,18H,7-9H2,1-2H3,(H,19,22)(H,20,21). The molecule has 0 radical (unpaired) electrons. The average molecular weight is 368 g/mol. The van der Waals surface area contributed by atoms with Crippen LogP contribution in [0.3, 0.4) is 0 Å². The minimum Gasteiger partial charge on any atom is -0.354 e. The van der Waals surface area contributed by atoms with Crippen molar-refractivity contribution in [1.29, 1.82) is 0 Å². The van der Waals surface area contributed by atoms with Crippen molar-refractivity contribution in [2.75, 3.05) is 19.6 Å². The summed E-state index contributed by atoms with van der Waals surface area (Å²) in [5.74, 6) is 0.149. The van der Waals surface area contributed by atoms with Crippen molar-refractivity contribution in [2.45, 2.75) is 19.9 Å². The fraction of sp³-hybridized carbons (Fsp3) is 0.500. The maximum Gasteiger partial charge on any atom is 0.253 e. The molecule has 1 unspecified atom stereocenters. The normalized spacial score (nSPS) is 16.0. The van der Waals surface area contributed by atoms with E-state index in [1.54, 1.807) is 12.1 Å². The van der Waals surface area contributed by atoms with E-state index in [0.717, 1.165) is 17.6 Å². The highest BCUT2D eigenvalue weighted by atomic mass is 79.9. The molecule has 1 saturated heterocycles. The minimum atomic E-state index is -0.535. The quantitative estimate of drug-likeness (QED) is 0.714. The minimum absolute atomic E-state index is 0.0194. The molecular weight excluding hydrogens is 346 g/mol. The number of nitrogens with one attached hydrogen (secondary N) is 3. The van der Waals surface area contributed by atoms with Gasteiger partial charge in [-0.15, -0.1) is 0 Å². The molecule has 6 heteroatoms. The number of rotatable bonds is 6. The van der Waals surface area contributed by atoms with Gasteiger partial charge in [0.1, 0.15) is 6.04 Å². The van der Waals surface area contributed by atoms with Gasteiger partial charge in [-0.2, -0.15) is 0 Å². The predicted molar refractivity (Wildman–Crippen MR) is 89.6 cm³/mol. The first kappa shape index (κ1) is 17.0. The molecule has 1 fully saturated rings. The first-order chi connectivity index (χ1) is 10.5. The van der Waals surface area contributed by atoms with Crippen LogP contribution in [0.25, 0.3) is 0 Å². The maximum absolute atomic E-state index is 12.4. The number of halogens is 1. The summed E-state index contributed by atoms with van der Waals surface area (Å²) in [6.45, 7) is 6.39. The maximum atomic E-state index is 12.4. The lowest BCUT2D eigenvalue weighted by Crippen LogP contribution is -2.53. The van der Waals surface area contributed by atoms with E-state index in [0.29, 0.717) is 18.0 Å². The first-order valence-electron chi connectivity index (χ1n) is 7.53. The molecule has 2 rings (SSSR count). The second-order valence-corrected chi connectivity index (χ2v) is 6.80. The molecule has 0 aliphatic carbocycles. The molecule has 120 valence electrons. The molecule has 1 aliphatic heterocycles. The molecule has 1 aromatic carbocycles. The fourth-order valence-corrected chi connectivity index (χ4v) is 2.71. The summed E-state index contributed by atoms with van der Waals surface area (Å²) in [6, 6.07) is 6.65. The monoisotopic (exact) mass is 367 g/mol. The van der Waals surface area contributed by atoms with E-state index in [1.807, 2.05) is 26.0 Å². The van der Waals surface area contributed by atoms with Crippen molar-refractivity contribution < 1.29 is 9.59 Å². The Bertz CT molecular complexity index is 544. The van der Waals surface area contributed by atoms with Crippen LogP contribution in [-0.4, -0.2) is 37.5 Å². The molecule has 1 aromatic rings. The number of hydrogen-bond acceptors (Lipinski definition) is 3. The van der Waals surface area contributed by atoms with E-state index >= 15 is 0 Å². The number of benzene rings is 1. The van der Waals surface area contributed by atoms with Gasteiger partial charge in [-0.05, 0) is 34.0 Å². The van der Waals surface area contributed by atoms with Crippen molar-refractivity contribution in [3.05, 3.63) is 34.3 Å². The van der Waals surface area contributed by atoms with Crippen molar-refractivity contribution in [1.82, 2.24) is 16.0 Å². The number of carbonyl (C=O) groups excluding carboxylic acids is 2. The Morgan fingerprint density at radius 1 is 1.32 bits per heavy atom. The van der Waals surface area contributed by atoms with Crippen LogP contribution >= 0.6 is 15.9 Å². The second-order valence-electron chi connectivity index (χ2n) is 5.94. The highest BCUT2D eigenvalue weighted by Gasteiger charge is 2.26. The van der Waals surface area contributed by atoms with E-state index in [9.17, 15) is 9.59 Å². The smallest absolute Gasteiger partial charge is 0.253 e. The topological polar surface area (TPSA) is 70.2 Å². The van der Waals surface area contributed by atoms with E-state index in [2.05, 4.69) is 31.9 Å². The van der Waals surface area contributed by atoms with Crippen LogP contribution in [0.5, 0.6) is 0 Å². The van der Waals surface area contributed by atoms with Crippen molar-refractivity contribution >= 4 is 27.7 Å². The molecule has 1 atom stereocenters. The molecule has 1 aliphatic rings. The Balaban J connectivity index is 1.97. The number of carbonyl (C=O) groups is 2. The Hall–Kier alpha value is -1.40. The van der Waals surface area contributed by atoms with Gasteiger partial charge in [-0.3, -0.25) is 9.59 Å². The molecule has 0 spiro atoms. The summed E-state index contributed by atoms with van der Waals surface area (Å²) in [5, 5.41) is 8.94. The zero-order valence-electron chi connectivity index (χ0n) is 12.9. The molecule has 3 N–H and O–H groups in total. The summed E-state index contributed by atoms with van der Waals surface area (Å²) in [6.07, 6.45) is 0. The largest absolute Gasteiger partial charge is 0.354 e. The SMILES string of the molecule is CC(C)C(NC(=O)c1ccccc1Br)C(=O)NCC1CNC1. The third kappa shape index (κ3) is 4.30. The Labute approximate surface area is 139 Å². The summed E-state index contributed by atoms with van der Waals surface area (Å²) in [7, 11) is 0. The molecule has 5 nitrogen and oxygen atoms in total. The fourth-order valence-electron chi connectivity index (χ4n) is 2.25. The van der Waals surface area contributed by atoms with Gasteiger partial charge in [0.05, 0.1) is 5.56 Å². The predicted octanol–water partition coefficient (Wildman–Crippen LogP) is 1.54. The summed E-state index contributed by atoms with van der Waals surface area (Å²) in [4.78, 5) is 24.7. The van der Waals surface area contributed by atoms with Crippen LogP contribution in [0.15, 0.2) is 28.7 Å². The average Bonchev–Trinajstić information content (AvgIpc) is 2.42. The first-order valence-corrected chi connectivity index (χ1v) is 8.32. The van der Waals surface area contributed by atoms with Gasteiger partial charge in [0, 0.05) is 30.0 Å². The highest BCUT2D eigenvalue weighted by molar-refractivity contribution is 9.10. The highest BCUT2D eigenvalue weighted by Crippen LogP contribution is 2.16. The summed E-state index contributed by atoms with van der Waals surface area (Å²) < 4.78 is 0.718. The number of amides is 2. The zero-order valence-corrected chi connectivity index (χ0v) is 14.4. The van der Waals surface area contributed by atoms with Crippen LogP contribution in [0.4, 0.5) is 0 Å². The molecule has 1 heterocycles. The van der Waals surface area contributed by atoms with E-state index in [1.165, 1.54) is 0 Å². The third-order valence-corrected chi connectivity index (χ3v) is 4.48. The molecule has 0 aromatic heterocycles. The van der Waals surface area contributed by atoms with Gasteiger partial charge in [0.25, 0.3) is 5.91 Å². The van der Waals surface area contributed by atoms with Crippen molar-refractivity contribution in [2.24, 2.45) is 11.8 Å². The third-order valence-electron chi connectivity index (χ3n) is 3.79. The van der Waals surface area contributed by atoms with Gasteiger partial charge < -0.3 is 16.0 Å². The Morgan fingerprint density at radius 3 is 2.55 bits per heavy atom. The van der Waals surface area contributed by atoms with Crippen molar-refractivity contribution in [3.8, 4) is 0 Å². The second kappa shape index (κ2) is 7.74. The summed E-state index contributed by atoms with van der Waals surface area (Å²) >= 11 is 3.36. The number of hydrogen-bond donors (Lipinski definition) is 3. The van der Waals surface area contributed by atoms with Gasteiger partial charge in [-0.25, -0.2) is 0 Å². The Morgan fingerprint density at radius 2 is 2.00 bits per heavy atom. The molecular formula is C16H22BrN3O2. The molecule has 0 saturated carbocycles. The van der Waals surface area contributed by atoms with Gasteiger partial charge in [0.15, 0.2) is 0 Å². The molecule has 22 heavy (non-hydrogen) atoms. The van der Waals surface area contributed by atoms with Crippen LogP contribution in [-0.2, 0) is 4.79 Å². The van der Waals surface area contributed by atoms with E-state index < -0.39 is 6.04 Å². The van der Waals surface area contributed by atoms with Gasteiger partial charge in [-0.1, -0.05) is 26.0 Å². The lowest BCUT2D eigenvalue weighted by atomic mass is 10.0. The summed E-state index contributed by atoms with van der Waals surface area (Å²) in [5.41, 5.74) is 0.532. The van der Waals surface area contributed by atoms with Gasteiger partial charge >= 0.3 is 0 Å². The zero-order chi connectivity index (χ0) is 16.1. The van der Waals surface area contributed by atoms with Crippen LogP contribution in [0.2, 0.25) is 0 Å².